The zero-order valence-electron chi connectivity index (χ0n) is 7.27. The van der Waals surface area contributed by atoms with E-state index in [4.69, 9.17) is 5.26 Å². The van der Waals surface area contributed by atoms with Crippen LogP contribution in [0.15, 0.2) is 24.5 Å². The normalized spacial score (nSPS) is 27.0. The zero-order chi connectivity index (χ0) is 9.10. The maximum absolute atomic E-state index is 8.73. The van der Waals surface area contributed by atoms with Gasteiger partial charge >= 0.3 is 0 Å². The Morgan fingerprint density at radius 1 is 1.46 bits per heavy atom. The van der Waals surface area contributed by atoms with Crippen molar-refractivity contribution in [3.8, 4) is 6.07 Å². The first-order chi connectivity index (χ1) is 6.40. The largest absolute Gasteiger partial charge is 0.309 e. The Morgan fingerprint density at radius 2 is 2.23 bits per heavy atom. The van der Waals surface area contributed by atoms with Crippen LogP contribution in [0.1, 0.15) is 18.0 Å². The molecule has 2 rings (SSSR count). The lowest BCUT2D eigenvalue weighted by Gasteiger charge is -2.08. The van der Waals surface area contributed by atoms with Gasteiger partial charge in [0.2, 0.25) is 0 Å². The molecule has 0 aromatic carbocycles. The van der Waals surface area contributed by atoms with Gasteiger partial charge in [0.25, 0.3) is 0 Å². The fourth-order valence-corrected chi connectivity index (χ4v) is 1.68. The predicted molar refractivity (Wildman–Crippen MR) is 48.7 cm³/mol. The van der Waals surface area contributed by atoms with Crippen LogP contribution in [0.4, 0.5) is 0 Å². The van der Waals surface area contributed by atoms with E-state index in [2.05, 4.69) is 16.4 Å². The van der Waals surface area contributed by atoms with Gasteiger partial charge in [-0.1, -0.05) is 0 Å². The molecule has 2 heterocycles. The van der Waals surface area contributed by atoms with E-state index in [-0.39, 0.29) is 5.92 Å². The lowest BCUT2D eigenvalue weighted by atomic mass is 10.0. The lowest BCUT2D eigenvalue weighted by molar-refractivity contribution is 0.638. The van der Waals surface area contributed by atoms with E-state index in [9.17, 15) is 0 Å². The Kier molecular flexibility index (Phi) is 2.24. The molecule has 66 valence electrons. The zero-order valence-corrected chi connectivity index (χ0v) is 7.27. The molecule has 0 aliphatic carbocycles. The molecule has 1 fully saturated rings. The number of aromatic nitrogens is 1. The fraction of sp³-hybridized carbons (Fsp3) is 0.400. The van der Waals surface area contributed by atoms with E-state index in [1.807, 2.05) is 12.1 Å². The van der Waals surface area contributed by atoms with Crippen LogP contribution in [-0.4, -0.2) is 11.5 Å². The van der Waals surface area contributed by atoms with Crippen LogP contribution in [-0.2, 0) is 0 Å². The van der Waals surface area contributed by atoms with Crippen molar-refractivity contribution in [2.75, 3.05) is 6.54 Å². The van der Waals surface area contributed by atoms with E-state index in [0.29, 0.717) is 6.04 Å². The van der Waals surface area contributed by atoms with Crippen LogP contribution in [0, 0.1) is 17.2 Å². The molecule has 1 aliphatic rings. The molecule has 0 amide bonds. The highest BCUT2D eigenvalue weighted by Crippen LogP contribution is 2.25. The van der Waals surface area contributed by atoms with Crippen LogP contribution >= 0.6 is 0 Å². The molecule has 1 aromatic rings. The van der Waals surface area contributed by atoms with Gasteiger partial charge in [0, 0.05) is 25.0 Å². The second-order valence-corrected chi connectivity index (χ2v) is 3.30. The molecular weight excluding hydrogens is 162 g/mol. The van der Waals surface area contributed by atoms with E-state index < -0.39 is 0 Å². The quantitative estimate of drug-likeness (QED) is 0.695. The summed E-state index contributed by atoms with van der Waals surface area (Å²) in [6.07, 6.45) is 4.49. The smallest absolute Gasteiger partial charge is 0.0669 e. The van der Waals surface area contributed by atoms with E-state index >= 15 is 0 Å². The summed E-state index contributed by atoms with van der Waals surface area (Å²) in [6.45, 7) is 0.809. The third kappa shape index (κ3) is 1.68. The minimum atomic E-state index is 0.165. The molecule has 13 heavy (non-hydrogen) atoms. The monoisotopic (exact) mass is 173 g/mol. The second kappa shape index (κ2) is 3.55. The maximum Gasteiger partial charge on any atom is 0.0669 e. The third-order valence-electron chi connectivity index (χ3n) is 2.42. The average molecular weight is 173 g/mol. The minimum Gasteiger partial charge on any atom is -0.309 e. The molecule has 3 nitrogen and oxygen atoms in total. The van der Waals surface area contributed by atoms with Crippen LogP contribution in [0.5, 0.6) is 0 Å². The molecule has 1 aliphatic heterocycles. The standard InChI is InChI=1S/C10H11N3/c11-6-8-5-10(13-7-8)9-1-3-12-4-2-9/h1-4,8,10,13H,5,7H2. The van der Waals surface area contributed by atoms with E-state index in [1.165, 1.54) is 5.56 Å². The van der Waals surface area contributed by atoms with Gasteiger partial charge in [-0.25, -0.2) is 0 Å². The Hall–Kier alpha value is -1.40. The Morgan fingerprint density at radius 3 is 2.85 bits per heavy atom. The van der Waals surface area contributed by atoms with Crippen LogP contribution in [0.2, 0.25) is 0 Å². The summed E-state index contributed by atoms with van der Waals surface area (Å²) in [4.78, 5) is 3.96. The third-order valence-corrected chi connectivity index (χ3v) is 2.42. The molecule has 1 saturated heterocycles. The number of nitriles is 1. The summed E-state index contributed by atoms with van der Waals surface area (Å²) in [6, 6.07) is 6.62. The van der Waals surface area contributed by atoms with Crippen molar-refractivity contribution in [1.82, 2.24) is 10.3 Å². The van der Waals surface area contributed by atoms with Crippen LogP contribution in [0.25, 0.3) is 0 Å². The number of hydrogen-bond acceptors (Lipinski definition) is 3. The van der Waals surface area contributed by atoms with Gasteiger partial charge in [-0.05, 0) is 24.1 Å². The molecule has 0 saturated carbocycles. The van der Waals surface area contributed by atoms with Gasteiger partial charge in [0.15, 0.2) is 0 Å². The summed E-state index contributed by atoms with van der Waals surface area (Å²) < 4.78 is 0. The molecule has 1 aromatic heterocycles. The van der Waals surface area contributed by atoms with Crippen molar-refractivity contribution in [1.29, 1.82) is 5.26 Å². The first-order valence-electron chi connectivity index (χ1n) is 4.43. The first kappa shape index (κ1) is 8.21. The van der Waals surface area contributed by atoms with Crippen molar-refractivity contribution in [2.45, 2.75) is 12.5 Å². The Balaban J connectivity index is 2.09. The number of nitrogens with zero attached hydrogens (tertiary/aromatic N) is 2. The maximum atomic E-state index is 8.73. The minimum absolute atomic E-state index is 0.165. The highest BCUT2D eigenvalue weighted by Gasteiger charge is 2.24. The molecule has 0 spiro atoms. The molecule has 1 N–H and O–H groups in total. The van der Waals surface area contributed by atoms with Gasteiger partial charge in [-0.15, -0.1) is 0 Å². The van der Waals surface area contributed by atoms with Gasteiger partial charge in [0.1, 0.15) is 0 Å². The summed E-state index contributed by atoms with van der Waals surface area (Å²) >= 11 is 0. The highest BCUT2D eigenvalue weighted by atomic mass is 14.9. The molecule has 3 heteroatoms. The SMILES string of the molecule is N#CC1CNC(c2ccncc2)C1. The predicted octanol–water partition coefficient (Wildman–Crippen LogP) is 1.26. The van der Waals surface area contributed by atoms with E-state index in [0.717, 1.165) is 13.0 Å². The summed E-state index contributed by atoms with van der Waals surface area (Å²) in [5, 5.41) is 12.1. The summed E-state index contributed by atoms with van der Waals surface area (Å²) in [5.74, 6) is 0.165. The van der Waals surface area contributed by atoms with Crippen molar-refractivity contribution in [3.05, 3.63) is 30.1 Å². The number of hydrogen-bond donors (Lipinski definition) is 1. The highest BCUT2D eigenvalue weighted by molar-refractivity contribution is 5.17. The van der Waals surface area contributed by atoms with Crippen LogP contribution < -0.4 is 5.32 Å². The van der Waals surface area contributed by atoms with Gasteiger partial charge in [0.05, 0.1) is 12.0 Å². The summed E-state index contributed by atoms with van der Waals surface area (Å²) in [5.41, 5.74) is 1.23. The average Bonchev–Trinajstić information content (AvgIpc) is 2.67. The van der Waals surface area contributed by atoms with Crippen LogP contribution in [0.3, 0.4) is 0 Å². The lowest BCUT2D eigenvalue weighted by Crippen LogP contribution is -2.13. The number of pyridine rings is 1. The van der Waals surface area contributed by atoms with E-state index in [1.54, 1.807) is 12.4 Å². The van der Waals surface area contributed by atoms with Gasteiger partial charge in [-0.3, -0.25) is 4.98 Å². The molecular formula is C10H11N3. The van der Waals surface area contributed by atoms with Gasteiger partial charge < -0.3 is 5.32 Å². The van der Waals surface area contributed by atoms with Crippen molar-refractivity contribution >= 4 is 0 Å². The summed E-state index contributed by atoms with van der Waals surface area (Å²) in [7, 11) is 0. The van der Waals surface area contributed by atoms with Crippen molar-refractivity contribution < 1.29 is 0 Å². The number of nitrogens with one attached hydrogen (secondary N) is 1. The number of rotatable bonds is 1. The topological polar surface area (TPSA) is 48.7 Å². The first-order valence-corrected chi connectivity index (χ1v) is 4.43. The van der Waals surface area contributed by atoms with Crippen molar-refractivity contribution in [2.24, 2.45) is 5.92 Å². The Labute approximate surface area is 77.4 Å². The molecule has 2 unspecified atom stereocenters. The second-order valence-electron chi connectivity index (χ2n) is 3.30. The molecule has 2 atom stereocenters. The fourth-order valence-electron chi connectivity index (χ4n) is 1.68. The molecule has 0 bridgehead atoms. The van der Waals surface area contributed by atoms with Gasteiger partial charge in [-0.2, -0.15) is 5.26 Å². The van der Waals surface area contributed by atoms with Crippen molar-refractivity contribution in [3.63, 3.8) is 0 Å². The molecule has 0 radical (unpaired) electrons. The Bertz CT molecular complexity index is 315.